The van der Waals surface area contributed by atoms with Gasteiger partial charge in [0.1, 0.15) is 11.9 Å². The first-order valence-corrected chi connectivity index (χ1v) is 16.0. The summed E-state index contributed by atoms with van der Waals surface area (Å²) in [5, 5.41) is 0. The van der Waals surface area contributed by atoms with Crippen molar-refractivity contribution in [1.29, 1.82) is 0 Å². The summed E-state index contributed by atoms with van der Waals surface area (Å²) < 4.78 is 26.1. The lowest BCUT2D eigenvalue weighted by Crippen LogP contribution is -2.47. The molecule has 0 aliphatic carbocycles. The van der Waals surface area contributed by atoms with Crippen LogP contribution in [-0.2, 0) is 14.3 Å². The zero-order valence-corrected chi connectivity index (χ0v) is 25.9. The van der Waals surface area contributed by atoms with Gasteiger partial charge in [-0.15, -0.1) is 0 Å². The van der Waals surface area contributed by atoms with Gasteiger partial charge in [-0.2, -0.15) is 0 Å². The minimum absolute atomic E-state index is 0.00936. The van der Waals surface area contributed by atoms with Crippen molar-refractivity contribution in [3.05, 3.63) is 24.0 Å². The Bertz CT molecular complexity index is 1030. The Kier molecular flexibility index (Phi) is 14.8. The van der Waals surface area contributed by atoms with E-state index in [9.17, 15) is 9.59 Å². The van der Waals surface area contributed by atoms with Crippen LogP contribution in [-0.4, -0.2) is 87.5 Å². The van der Waals surface area contributed by atoms with Crippen molar-refractivity contribution >= 4 is 29.3 Å². The van der Waals surface area contributed by atoms with E-state index in [1.54, 1.807) is 17.0 Å². The van der Waals surface area contributed by atoms with Gasteiger partial charge in [0.25, 0.3) is 0 Å². The average Bonchev–Trinajstić information content (AvgIpc) is 3.37. The summed E-state index contributed by atoms with van der Waals surface area (Å²) in [7, 11) is 0. The van der Waals surface area contributed by atoms with Crippen molar-refractivity contribution in [2.75, 3.05) is 62.3 Å². The molecule has 0 unspecified atom stereocenters. The van der Waals surface area contributed by atoms with Gasteiger partial charge in [0.05, 0.1) is 43.7 Å². The van der Waals surface area contributed by atoms with E-state index in [0.29, 0.717) is 63.6 Å². The zero-order valence-electron chi connectivity index (χ0n) is 25.9. The molecule has 3 rings (SSSR count). The number of anilines is 2. The number of benzene rings is 1. The fourth-order valence-corrected chi connectivity index (χ4v) is 5.58. The number of morpholine rings is 1. The van der Waals surface area contributed by atoms with E-state index >= 15 is 4.39 Å². The Labute approximate surface area is 255 Å². The number of hydrogen-bond donors (Lipinski definition) is 3. The smallest absolute Gasteiger partial charge is 0.414 e. The quantitative estimate of drug-likeness (QED) is 0.123. The monoisotopic (exact) mass is 605 g/mol. The molecule has 2 saturated heterocycles. The first-order valence-electron chi connectivity index (χ1n) is 16.0. The van der Waals surface area contributed by atoms with Crippen LogP contribution in [0.3, 0.4) is 0 Å². The number of halogens is 1. The second-order valence-electron chi connectivity index (χ2n) is 11.5. The molecule has 2 heterocycles. The van der Waals surface area contributed by atoms with Crippen LogP contribution in [0.1, 0.15) is 77.6 Å². The number of cyclic esters (lactones) is 1. The standard InChI is InChI=1S/C31H52FN7O4/c1-2-3-4-5-6-7-8-9-10-16-38(29(40)27(33)12-11-15-36-30(34)35)22-25-23-39(31(41)43-25)24-13-14-28(26(32)21-24)37-17-19-42-20-18-37/h13-14,21,25,27H,2-12,15-20,22-23,33H2,1H3,(H4,34,35,36)/t25-,27-/m0/s1. The molecule has 1 aromatic carbocycles. The highest BCUT2D eigenvalue weighted by molar-refractivity contribution is 5.90. The van der Waals surface area contributed by atoms with Crippen molar-refractivity contribution in [3.8, 4) is 0 Å². The first kappa shape index (κ1) is 34.4. The molecule has 2 fully saturated rings. The number of aliphatic imine (C=N–C) groups is 1. The molecule has 2 atom stereocenters. The number of ether oxygens (including phenoxy) is 2. The van der Waals surface area contributed by atoms with E-state index in [1.807, 2.05) is 4.90 Å². The molecule has 0 aromatic heterocycles. The molecular weight excluding hydrogens is 553 g/mol. The third-order valence-corrected chi connectivity index (χ3v) is 8.02. The van der Waals surface area contributed by atoms with Crippen molar-refractivity contribution in [1.82, 2.24) is 4.90 Å². The van der Waals surface area contributed by atoms with Gasteiger partial charge in [-0.3, -0.25) is 14.7 Å². The lowest BCUT2D eigenvalue weighted by atomic mass is 10.1. The highest BCUT2D eigenvalue weighted by Gasteiger charge is 2.35. The molecule has 12 heteroatoms. The molecule has 0 bridgehead atoms. The number of nitrogens with two attached hydrogens (primary N) is 3. The zero-order chi connectivity index (χ0) is 31.0. The second-order valence-corrected chi connectivity index (χ2v) is 11.5. The molecule has 11 nitrogen and oxygen atoms in total. The molecule has 2 aliphatic heterocycles. The fraction of sp³-hybridized carbons (Fsp3) is 0.710. The lowest BCUT2D eigenvalue weighted by Gasteiger charge is -2.29. The molecule has 0 radical (unpaired) electrons. The van der Waals surface area contributed by atoms with Gasteiger partial charge in [0, 0.05) is 26.2 Å². The van der Waals surface area contributed by atoms with Gasteiger partial charge >= 0.3 is 6.09 Å². The summed E-state index contributed by atoms with van der Waals surface area (Å²) in [6.45, 7) is 5.93. The first-order chi connectivity index (χ1) is 20.8. The van der Waals surface area contributed by atoms with Gasteiger partial charge < -0.3 is 36.5 Å². The maximum atomic E-state index is 15.0. The van der Waals surface area contributed by atoms with E-state index in [4.69, 9.17) is 26.7 Å². The minimum atomic E-state index is -0.706. The number of hydrogen-bond acceptors (Lipinski definition) is 7. The number of guanidine groups is 1. The van der Waals surface area contributed by atoms with Crippen LogP contribution in [0.2, 0.25) is 0 Å². The third kappa shape index (κ3) is 11.5. The van der Waals surface area contributed by atoms with E-state index in [1.165, 1.54) is 49.5 Å². The van der Waals surface area contributed by atoms with Crippen LogP contribution in [0.5, 0.6) is 0 Å². The topological polar surface area (TPSA) is 153 Å². The SMILES string of the molecule is CCCCCCCCCCCN(C[C@H]1CN(c2ccc(N3CCOCC3)c(F)c2)C(=O)O1)C(=O)[C@@H](N)CCCN=C(N)N. The van der Waals surface area contributed by atoms with Gasteiger partial charge in [0.2, 0.25) is 5.91 Å². The van der Waals surface area contributed by atoms with E-state index < -0.39 is 24.1 Å². The summed E-state index contributed by atoms with van der Waals surface area (Å²) >= 11 is 0. The van der Waals surface area contributed by atoms with Crippen LogP contribution in [0.15, 0.2) is 23.2 Å². The Morgan fingerprint density at radius 1 is 1.07 bits per heavy atom. The summed E-state index contributed by atoms with van der Waals surface area (Å²) in [5.74, 6) is -0.570. The molecule has 2 amide bonds. The van der Waals surface area contributed by atoms with Gasteiger partial charge in [-0.05, 0) is 37.5 Å². The van der Waals surface area contributed by atoms with Crippen LogP contribution >= 0.6 is 0 Å². The highest BCUT2D eigenvalue weighted by atomic mass is 19.1. The second kappa shape index (κ2) is 18.5. The Hall–Kier alpha value is -3.12. The normalized spacial score (nSPS) is 17.6. The molecule has 0 spiro atoms. The largest absolute Gasteiger partial charge is 0.442 e. The van der Waals surface area contributed by atoms with E-state index in [2.05, 4.69) is 11.9 Å². The van der Waals surface area contributed by atoms with Gasteiger partial charge in [-0.25, -0.2) is 9.18 Å². The molecule has 2 aliphatic rings. The summed E-state index contributed by atoms with van der Waals surface area (Å²) in [4.78, 5) is 35.2. The lowest BCUT2D eigenvalue weighted by molar-refractivity contribution is -0.134. The van der Waals surface area contributed by atoms with Crippen molar-refractivity contribution in [3.63, 3.8) is 0 Å². The van der Waals surface area contributed by atoms with Crippen molar-refractivity contribution in [2.45, 2.75) is 89.7 Å². The predicted octanol–water partition coefficient (Wildman–Crippen LogP) is 3.73. The van der Waals surface area contributed by atoms with Crippen molar-refractivity contribution in [2.24, 2.45) is 22.2 Å². The van der Waals surface area contributed by atoms with Crippen LogP contribution in [0.25, 0.3) is 0 Å². The minimum Gasteiger partial charge on any atom is -0.442 e. The number of carbonyl (C=O) groups excluding carboxylic acids is 2. The maximum absolute atomic E-state index is 15.0. The number of carbonyl (C=O) groups is 2. The average molecular weight is 606 g/mol. The maximum Gasteiger partial charge on any atom is 0.414 e. The van der Waals surface area contributed by atoms with Crippen molar-refractivity contribution < 1.29 is 23.5 Å². The molecule has 6 N–H and O–H groups in total. The highest BCUT2D eigenvalue weighted by Crippen LogP contribution is 2.29. The fourth-order valence-electron chi connectivity index (χ4n) is 5.58. The molecule has 1 aromatic rings. The number of amides is 2. The molecule has 242 valence electrons. The van der Waals surface area contributed by atoms with Gasteiger partial charge in [-0.1, -0.05) is 58.3 Å². The summed E-state index contributed by atoms with van der Waals surface area (Å²) in [6, 6.07) is 4.08. The van der Waals surface area contributed by atoms with E-state index in [-0.39, 0.29) is 25.0 Å². The summed E-state index contributed by atoms with van der Waals surface area (Å²) in [6.07, 6.45) is 10.4. The Morgan fingerprint density at radius 3 is 2.40 bits per heavy atom. The van der Waals surface area contributed by atoms with Crippen LogP contribution in [0, 0.1) is 5.82 Å². The Balaban J connectivity index is 1.57. The predicted molar refractivity (Wildman–Crippen MR) is 169 cm³/mol. The van der Waals surface area contributed by atoms with Crippen LogP contribution in [0.4, 0.5) is 20.6 Å². The molecular formula is C31H52FN7O4. The van der Waals surface area contributed by atoms with Gasteiger partial charge in [0.15, 0.2) is 5.96 Å². The van der Waals surface area contributed by atoms with Crippen LogP contribution < -0.4 is 27.0 Å². The van der Waals surface area contributed by atoms with E-state index in [0.717, 1.165) is 19.3 Å². The number of rotatable bonds is 19. The molecule has 0 saturated carbocycles. The summed E-state index contributed by atoms with van der Waals surface area (Å²) in [5.41, 5.74) is 18.0. The molecule has 43 heavy (non-hydrogen) atoms. The third-order valence-electron chi connectivity index (χ3n) is 8.02. The number of unbranched alkanes of at least 4 members (excludes halogenated alkanes) is 8. The Morgan fingerprint density at radius 2 is 1.74 bits per heavy atom. The number of nitrogens with zero attached hydrogens (tertiary/aromatic N) is 4.